The Morgan fingerprint density at radius 3 is 2.59 bits per heavy atom. The largest absolute Gasteiger partial charge is 0.314 e. The van der Waals surface area contributed by atoms with Gasteiger partial charge in [-0.1, -0.05) is 43.1 Å². The van der Waals surface area contributed by atoms with Crippen molar-refractivity contribution in [2.75, 3.05) is 39.3 Å². The summed E-state index contributed by atoms with van der Waals surface area (Å²) in [5.41, 5.74) is 1.26. The van der Waals surface area contributed by atoms with E-state index in [1.54, 1.807) is 0 Å². The predicted octanol–water partition coefficient (Wildman–Crippen LogP) is 3.67. The number of piperazine rings is 1. The molecular weight excluding hydrogens is 317 g/mol. The van der Waals surface area contributed by atoms with Crippen molar-refractivity contribution in [2.45, 2.75) is 32.9 Å². The number of nitrogens with zero attached hydrogens (tertiary/aromatic N) is 2. The Labute approximate surface area is 144 Å². The topological polar surface area (TPSA) is 18.5 Å². The summed E-state index contributed by atoms with van der Waals surface area (Å²) in [5, 5.41) is 4.74. The van der Waals surface area contributed by atoms with E-state index < -0.39 is 0 Å². The Hall–Kier alpha value is -0.320. The number of benzene rings is 1. The molecule has 0 radical (unpaired) electrons. The molecule has 1 aromatic rings. The highest BCUT2D eigenvalue weighted by atomic mass is 35.5. The van der Waals surface area contributed by atoms with Gasteiger partial charge < -0.3 is 10.2 Å². The van der Waals surface area contributed by atoms with Crippen molar-refractivity contribution in [1.29, 1.82) is 0 Å². The molecule has 124 valence electrons. The van der Waals surface area contributed by atoms with E-state index in [9.17, 15) is 0 Å². The summed E-state index contributed by atoms with van der Waals surface area (Å²) in [7, 11) is 0. The van der Waals surface area contributed by atoms with Crippen molar-refractivity contribution >= 4 is 23.2 Å². The standard InChI is InChI=1S/C17H27Cl2N3/c1-4-21(5-2)12-17(22-9-8-20-11-13(22)3)14-6-7-15(18)16(19)10-14/h6-7,10,13,17,20H,4-5,8-9,11-12H2,1-3H3. The fourth-order valence-electron chi connectivity index (χ4n) is 3.17. The van der Waals surface area contributed by atoms with Gasteiger partial charge in [0.25, 0.3) is 0 Å². The van der Waals surface area contributed by atoms with Gasteiger partial charge in [-0.3, -0.25) is 4.90 Å². The molecule has 0 saturated carbocycles. The number of halogens is 2. The highest BCUT2D eigenvalue weighted by Crippen LogP contribution is 2.30. The van der Waals surface area contributed by atoms with Crippen LogP contribution in [-0.4, -0.2) is 55.1 Å². The van der Waals surface area contributed by atoms with Crippen LogP contribution >= 0.6 is 23.2 Å². The van der Waals surface area contributed by atoms with E-state index in [4.69, 9.17) is 23.2 Å². The molecule has 0 bridgehead atoms. The normalized spacial score (nSPS) is 21.3. The Bertz CT molecular complexity index is 477. The number of hydrogen-bond donors (Lipinski definition) is 1. The van der Waals surface area contributed by atoms with Crippen LogP contribution in [-0.2, 0) is 0 Å². The summed E-state index contributed by atoms with van der Waals surface area (Å²) in [6.45, 7) is 13.0. The Kier molecular flexibility index (Phi) is 6.97. The van der Waals surface area contributed by atoms with E-state index >= 15 is 0 Å². The highest BCUT2D eigenvalue weighted by Gasteiger charge is 2.28. The van der Waals surface area contributed by atoms with Gasteiger partial charge in [0.15, 0.2) is 0 Å². The summed E-state index contributed by atoms with van der Waals surface area (Å²) >= 11 is 12.4. The van der Waals surface area contributed by atoms with Gasteiger partial charge >= 0.3 is 0 Å². The van der Waals surface area contributed by atoms with Gasteiger partial charge in [0.1, 0.15) is 0 Å². The second-order valence-electron chi connectivity index (χ2n) is 5.97. The Morgan fingerprint density at radius 1 is 1.27 bits per heavy atom. The third kappa shape index (κ3) is 4.36. The quantitative estimate of drug-likeness (QED) is 0.849. The van der Waals surface area contributed by atoms with Gasteiger partial charge in [0.05, 0.1) is 10.0 Å². The zero-order valence-corrected chi connectivity index (χ0v) is 15.3. The molecule has 1 aliphatic heterocycles. The van der Waals surface area contributed by atoms with Gasteiger partial charge in [0, 0.05) is 38.3 Å². The van der Waals surface area contributed by atoms with Crippen LogP contribution in [0.5, 0.6) is 0 Å². The van der Waals surface area contributed by atoms with Crippen molar-refractivity contribution in [1.82, 2.24) is 15.1 Å². The summed E-state index contributed by atoms with van der Waals surface area (Å²) in [4.78, 5) is 5.07. The average Bonchev–Trinajstić information content (AvgIpc) is 2.53. The molecule has 1 aromatic carbocycles. The maximum Gasteiger partial charge on any atom is 0.0595 e. The molecule has 1 aliphatic rings. The molecule has 3 nitrogen and oxygen atoms in total. The summed E-state index contributed by atoms with van der Waals surface area (Å²) in [6.07, 6.45) is 0. The van der Waals surface area contributed by atoms with E-state index in [1.807, 2.05) is 12.1 Å². The van der Waals surface area contributed by atoms with Gasteiger partial charge in [-0.2, -0.15) is 0 Å². The van der Waals surface area contributed by atoms with Crippen molar-refractivity contribution in [2.24, 2.45) is 0 Å². The maximum atomic E-state index is 6.26. The molecule has 0 aliphatic carbocycles. The average molecular weight is 344 g/mol. The molecule has 1 N–H and O–H groups in total. The van der Waals surface area contributed by atoms with Crippen LogP contribution in [0.4, 0.5) is 0 Å². The molecule has 22 heavy (non-hydrogen) atoms. The number of rotatable bonds is 6. The molecule has 2 rings (SSSR count). The highest BCUT2D eigenvalue weighted by molar-refractivity contribution is 6.42. The Balaban J connectivity index is 2.28. The first-order valence-corrected chi connectivity index (χ1v) is 8.96. The fourth-order valence-corrected chi connectivity index (χ4v) is 3.47. The fraction of sp³-hybridized carbons (Fsp3) is 0.647. The second kappa shape index (κ2) is 8.51. The lowest BCUT2D eigenvalue weighted by Crippen LogP contribution is -2.53. The Morgan fingerprint density at radius 2 is 2.00 bits per heavy atom. The van der Waals surface area contributed by atoms with E-state index in [-0.39, 0.29) is 0 Å². The van der Waals surface area contributed by atoms with Crippen LogP contribution < -0.4 is 5.32 Å². The van der Waals surface area contributed by atoms with Crippen LogP contribution in [0.15, 0.2) is 18.2 Å². The van der Waals surface area contributed by atoms with Crippen molar-refractivity contribution in [3.63, 3.8) is 0 Å². The second-order valence-corrected chi connectivity index (χ2v) is 6.78. The molecule has 0 spiro atoms. The predicted molar refractivity (Wildman–Crippen MR) is 96.0 cm³/mol. The first-order chi connectivity index (χ1) is 10.6. The third-order valence-corrected chi connectivity index (χ3v) is 5.35. The molecule has 0 amide bonds. The zero-order chi connectivity index (χ0) is 16.1. The van der Waals surface area contributed by atoms with Crippen LogP contribution in [0.3, 0.4) is 0 Å². The summed E-state index contributed by atoms with van der Waals surface area (Å²) < 4.78 is 0. The van der Waals surface area contributed by atoms with Crippen molar-refractivity contribution < 1.29 is 0 Å². The van der Waals surface area contributed by atoms with Crippen molar-refractivity contribution in [3.05, 3.63) is 33.8 Å². The SMILES string of the molecule is CCN(CC)CC(c1ccc(Cl)c(Cl)c1)N1CCNCC1C. The number of nitrogens with one attached hydrogen (secondary N) is 1. The van der Waals surface area contributed by atoms with Crippen molar-refractivity contribution in [3.8, 4) is 0 Å². The lowest BCUT2D eigenvalue weighted by molar-refractivity contribution is 0.0871. The van der Waals surface area contributed by atoms with Gasteiger partial charge in [-0.25, -0.2) is 0 Å². The summed E-state index contributed by atoms with van der Waals surface area (Å²) in [5.74, 6) is 0. The zero-order valence-electron chi connectivity index (χ0n) is 13.8. The van der Waals surface area contributed by atoms with E-state index in [1.165, 1.54) is 5.56 Å². The van der Waals surface area contributed by atoms with Crippen LogP contribution in [0, 0.1) is 0 Å². The molecule has 2 atom stereocenters. The van der Waals surface area contributed by atoms with Gasteiger partial charge in [-0.15, -0.1) is 0 Å². The van der Waals surface area contributed by atoms with E-state index in [2.05, 4.69) is 42.0 Å². The van der Waals surface area contributed by atoms with Crippen LogP contribution in [0.1, 0.15) is 32.4 Å². The van der Waals surface area contributed by atoms with Crippen LogP contribution in [0.25, 0.3) is 0 Å². The maximum absolute atomic E-state index is 6.26. The molecule has 1 saturated heterocycles. The van der Waals surface area contributed by atoms with Gasteiger partial charge in [0.2, 0.25) is 0 Å². The lowest BCUT2D eigenvalue weighted by atomic mass is 10.0. The smallest absolute Gasteiger partial charge is 0.0595 e. The van der Waals surface area contributed by atoms with Gasteiger partial charge in [-0.05, 0) is 37.7 Å². The number of likely N-dealkylation sites (N-methyl/N-ethyl adjacent to an activating group) is 1. The molecule has 2 unspecified atom stereocenters. The molecule has 1 heterocycles. The minimum Gasteiger partial charge on any atom is -0.314 e. The van der Waals surface area contributed by atoms with E-state index in [0.29, 0.717) is 22.1 Å². The molecule has 0 aromatic heterocycles. The van der Waals surface area contributed by atoms with Crippen LogP contribution in [0.2, 0.25) is 10.0 Å². The number of hydrogen-bond acceptors (Lipinski definition) is 3. The minimum atomic E-state index is 0.353. The minimum absolute atomic E-state index is 0.353. The third-order valence-electron chi connectivity index (χ3n) is 4.61. The first-order valence-electron chi connectivity index (χ1n) is 8.20. The first kappa shape index (κ1) is 18.0. The lowest BCUT2D eigenvalue weighted by Gasteiger charge is -2.42. The monoisotopic (exact) mass is 343 g/mol. The molecule has 5 heteroatoms. The molecular formula is C17H27Cl2N3. The summed E-state index contributed by atoms with van der Waals surface area (Å²) in [6, 6.07) is 6.95. The van der Waals surface area contributed by atoms with E-state index in [0.717, 1.165) is 39.3 Å². The molecule has 1 fully saturated rings.